The van der Waals surface area contributed by atoms with E-state index in [2.05, 4.69) is 5.10 Å². The summed E-state index contributed by atoms with van der Waals surface area (Å²) in [6.07, 6.45) is -4.65. The molecule has 0 aliphatic heterocycles. The Bertz CT molecular complexity index is 1200. The highest BCUT2D eigenvalue weighted by Crippen LogP contribution is 2.39. The summed E-state index contributed by atoms with van der Waals surface area (Å²) in [6, 6.07) is 20.2. The van der Waals surface area contributed by atoms with Crippen LogP contribution in [0.4, 0.5) is 13.2 Å². The Morgan fingerprint density at radius 3 is 1.97 bits per heavy atom. The summed E-state index contributed by atoms with van der Waals surface area (Å²) >= 11 is 19.0. The Kier molecular flexibility index (Phi) is 5.53. The van der Waals surface area contributed by atoms with Crippen LogP contribution in [0.3, 0.4) is 0 Å². The lowest BCUT2D eigenvalue weighted by Gasteiger charge is -2.13. The highest BCUT2D eigenvalue weighted by Gasteiger charge is 2.36. The Balaban J connectivity index is 1.92. The summed E-state index contributed by atoms with van der Waals surface area (Å²) in [5.74, 6) is 0. The molecule has 152 valence electrons. The molecule has 0 saturated carbocycles. The van der Waals surface area contributed by atoms with Crippen molar-refractivity contribution in [2.75, 3.05) is 0 Å². The molecule has 2 nitrogen and oxygen atoms in total. The van der Waals surface area contributed by atoms with E-state index >= 15 is 0 Å². The maximum atomic E-state index is 13.4. The summed E-state index contributed by atoms with van der Waals surface area (Å²) < 4.78 is 41.4. The molecule has 4 aromatic rings. The standard InChI is InChI=1S/C22H12Cl3F3N2/c23-16-7-4-8-17(24)21(16)30-19(12-20(29-30)22(26,27)28)15-10-9-14(11-18(15)25)13-5-2-1-3-6-13/h1-12H. The fourth-order valence-electron chi connectivity index (χ4n) is 3.11. The lowest BCUT2D eigenvalue weighted by Crippen LogP contribution is -2.08. The number of alkyl halides is 3. The highest BCUT2D eigenvalue weighted by molar-refractivity contribution is 6.38. The minimum Gasteiger partial charge on any atom is -0.229 e. The normalized spacial score (nSPS) is 11.7. The van der Waals surface area contributed by atoms with Gasteiger partial charge in [-0.2, -0.15) is 18.3 Å². The van der Waals surface area contributed by atoms with E-state index in [0.717, 1.165) is 21.9 Å². The Hall–Kier alpha value is -2.47. The molecule has 0 bridgehead atoms. The van der Waals surface area contributed by atoms with Crippen molar-refractivity contribution in [1.29, 1.82) is 0 Å². The van der Waals surface area contributed by atoms with Crippen LogP contribution in [0.1, 0.15) is 5.69 Å². The molecule has 0 N–H and O–H groups in total. The third-order valence-electron chi connectivity index (χ3n) is 4.50. The van der Waals surface area contributed by atoms with Crippen molar-refractivity contribution < 1.29 is 13.2 Å². The molecule has 0 aliphatic rings. The number of hydrogen-bond donors (Lipinski definition) is 0. The van der Waals surface area contributed by atoms with Crippen LogP contribution in [-0.4, -0.2) is 9.78 Å². The molecule has 0 amide bonds. The number of para-hydroxylation sites is 1. The first kappa shape index (κ1) is 20.8. The largest absolute Gasteiger partial charge is 0.435 e. The first-order chi connectivity index (χ1) is 14.3. The number of nitrogens with zero attached hydrogens (tertiary/aromatic N) is 2. The van der Waals surface area contributed by atoms with Crippen molar-refractivity contribution in [3.8, 4) is 28.1 Å². The van der Waals surface area contributed by atoms with Gasteiger partial charge < -0.3 is 0 Å². The molecular formula is C22H12Cl3F3N2. The first-order valence-corrected chi connectivity index (χ1v) is 9.86. The second-order valence-electron chi connectivity index (χ2n) is 6.46. The Labute approximate surface area is 185 Å². The zero-order chi connectivity index (χ0) is 21.5. The van der Waals surface area contributed by atoms with Crippen molar-refractivity contribution in [1.82, 2.24) is 9.78 Å². The minimum absolute atomic E-state index is 0.127. The van der Waals surface area contributed by atoms with Crippen LogP contribution in [0.5, 0.6) is 0 Å². The van der Waals surface area contributed by atoms with Gasteiger partial charge in [-0.25, -0.2) is 4.68 Å². The van der Waals surface area contributed by atoms with Crippen molar-refractivity contribution in [2.45, 2.75) is 6.18 Å². The summed E-state index contributed by atoms with van der Waals surface area (Å²) in [4.78, 5) is 0. The predicted octanol–water partition coefficient (Wildman–Crippen LogP) is 8.19. The average molecular weight is 468 g/mol. The van der Waals surface area contributed by atoms with E-state index in [1.165, 1.54) is 12.1 Å². The molecule has 0 spiro atoms. The van der Waals surface area contributed by atoms with Crippen LogP contribution in [0.2, 0.25) is 15.1 Å². The van der Waals surface area contributed by atoms with Crippen LogP contribution in [0, 0.1) is 0 Å². The minimum atomic E-state index is -4.65. The molecule has 0 unspecified atom stereocenters. The van der Waals surface area contributed by atoms with E-state index in [1.807, 2.05) is 30.3 Å². The summed E-state index contributed by atoms with van der Waals surface area (Å²) in [6.45, 7) is 0. The topological polar surface area (TPSA) is 17.8 Å². The van der Waals surface area contributed by atoms with Crippen molar-refractivity contribution in [3.63, 3.8) is 0 Å². The molecular weight excluding hydrogens is 456 g/mol. The Morgan fingerprint density at radius 2 is 1.37 bits per heavy atom. The monoisotopic (exact) mass is 466 g/mol. The lowest BCUT2D eigenvalue weighted by molar-refractivity contribution is -0.141. The molecule has 4 rings (SSSR count). The SMILES string of the molecule is FC(F)(F)c1cc(-c2ccc(-c3ccccc3)cc2Cl)n(-c2c(Cl)cccc2Cl)n1. The van der Waals surface area contributed by atoms with E-state index in [9.17, 15) is 13.2 Å². The van der Waals surface area contributed by atoms with Crippen LogP contribution in [0.25, 0.3) is 28.1 Å². The molecule has 3 aromatic carbocycles. The molecule has 0 aliphatic carbocycles. The summed E-state index contributed by atoms with van der Waals surface area (Å²) in [5, 5.41) is 4.34. The molecule has 0 fully saturated rings. The maximum absolute atomic E-state index is 13.4. The van der Waals surface area contributed by atoms with Gasteiger partial charge in [0.25, 0.3) is 0 Å². The Morgan fingerprint density at radius 1 is 0.700 bits per heavy atom. The van der Waals surface area contributed by atoms with Crippen LogP contribution in [-0.2, 0) is 6.18 Å². The number of aromatic nitrogens is 2. The first-order valence-electron chi connectivity index (χ1n) is 8.72. The zero-order valence-electron chi connectivity index (χ0n) is 15.1. The zero-order valence-corrected chi connectivity index (χ0v) is 17.4. The van der Waals surface area contributed by atoms with Crippen LogP contribution >= 0.6 is 34.8 Å². The van der Waals surface area contributed by atoms with Gasteiger partial charge in [-0.1, -0.05) is 83.3 Å². The van der Waals surface area contributed by atoms with Crippen molar-refractivity contribution in [2.24, 2.45) is 0 Å². The molecule has 0 radical (unpaired) electrons. The van der Waals surface area contributed by atoms with Crippen LogP contribution < -0.4 is 0 Å². The van der Waals surface area contributed by atoms with E-state index in [-0.39, 0.29) is 26.4 Å². The van der Waals surface area contributed by atoms with E-state index in [0.29, 0.717) is 5.56 Å². The quantitative estimate of drug-likeness (QED) is 0.297. The average Bonchev–Trinajstić information content (AvgIpc) is 3.13. The lowest BCUT2D eigenvalue weighted by atomic mass is 10.0. The molecule has 8 heteroatoms. The third-order valence-corrected chi connectivity index (χ3v) is 5.42. The van der Waals surface area contributed by atoms with E-state index in [4.69, 9.17) is 34.8 Å². The highest BCUT2D eigenvalue weighted by atomic mass is 35.5. The number of rotatable bonds is 3. The van der Waals surface area contributed by atoms with Gasteiger partial charge >= 0.3 is 6.18 Å². The molecule has 30 heavy (non-hydrogen) atoms. The number of benzene rings is 3. The molecule has 1 aromatic heterocycles. The van der Waals surface area contributed by atoms with E-state index < -0.39 is 11.9 Å². The van der Waals surface area contributed by atoms with Gasteiger partial charge in [-0.3, -0.25) is 0 Å². The van der Waals surface area contributed by atoms with Gasteiger partial charge in [0.2, 0.25) is 0 Å². The number of hydrogen-bond acceptors (Lipinski definition) is 1. The van der Waals surface area contributed by atoms with Crippen molar-refractivity contribution in [3.05, 3.63) is 93.6 Å². The van der Waals surface area contributed by atoms with Gasteiger partial charge in [0.1, 0.15) is 5.69 Å². The fourth-order valence-corrected chi connectivity index (χ4v) is 3.94. The third kappa shape index (κ3) is 3.93. The van der Waals surface area contributed by atoms with E-state index in [1.54, 1.807) is 24.3 Å². The smallest absolute Gasteiger partial charge is 0.229 e. The second kappa shape index (κ2) is 7.99. The summed E-state index contributed by atoms with van der Waals surface area (Å²) in [7, 11) is 0. The van der Waals surface area contributed by atoms with Gasteiger partial charge in [-0.15, -0.1) is 0 Å². The molecule has 0 atom stereocenters. The van der Waals surface area contributed by atoms with Gasteiger partial charge in [0, 0.05) is 5.56 Å². The van der Waals surface area contributed by atoms with Gasteiger partial charge in [0.15, 0.2) is 5.69 Å². The fraction of sp³-hybridized carbons (Fsp3) is 0.0455. The van der Waals surface area contributed by atoms with Gasteiger partial charge in [-0.05, 0) is 35.4 Å². The van der Waals surface area contributed by atoms with Gasteiger partial charge in [0.05, 0.1) is 20.8 Å². The van der Waals surface area contributed by atoms with Crippen LogP contribution in [0.15, 0.2) is 72.8 Å². The summed E-state index contributed by atoms with van der Waals surface area (Å²) in [5.41, 5.74) is 1.34. The predicted molar refractivity (Wildman–Crippen MR) is 114 cm³/mol. The molecule has 0 saturated heterocycles. The number of halogens is 6. The molecule has 1 heterocycles. The second-order valence-corrected chi connectivity index (χ2v) is 7.68. The van der Waals surface area contributed by atoms with Crippen molar-refractivity contribution >= 4 is 34.8 Å². The maximum Gasteiger partial charge on any atom is 0.435 e.